The summed E-state index contributed by atoms with van der Waals surface area (Å²) in [6.45, 7) is 7.03. The number of nitrogens with zero attached hydrogens (tertiary/aromatic N) is 3. The van der Waals surface area contributed by atoms with Crippen LogP contribution in [0.2, 0.25) is 0 Å². The molecule has 2 N–H and O–H groups in total. The number of pyridine rings is 1. The number of carbonyl (C=O) groups excluding carboxylic acids is 1. The van der Waals surface area contributed by atoms with Crippen molar-refractivity contribution < 1.29 is 9.53 Å². The van der Waals surface area contributed by atoms with Gasteiger partial charge in [0.1, 0.15) is 0 Å². The molecule has 24 heavy (non-hydrogen) atoms. The molecule has 2 aliphatic rings. The molecule has 0 aromatic carbocycles. The van der Waals surface area contributed by atoms with Crippen LogP contribution in [-0.4, -0.2) is 39.5 Å². The van der Waals surface area contributed by atoms with E-state index in [1.54, 1.807) is 10.9 Å². The van der Waals surface area contributed by atoms with Crippen LogP contribution in [0.25, 0.3) is 11.0 Å². The predicted octanol–water partition coefficient (Wildman–Crippen LogP) is 2.21. The van der Waals surface area contributed by atoms with Crippen LogP contribution in [0.5, 0.6) is 0 Å². The molecule has 3 heterocycles. The molecule has 0 spiro atoms. The number of nitrogens with one attached hydrogen (secondary N) is 2. The van der Waals surface area contributed by atoms with E-state index in [2.05, 4.69) is 34.6 Å². The van der Waals surface area contributed by atoms with Crippen LogP contribution in [0.15, 0.2) is 12.3 Å². The molecule has 1 saturated carbocycles. The van der Waals surface area contributed by atoms with Crippen LogP contribution < -0.4 is 10.6 Å². The second-order valence-electron chi connectivity index (χ2n) is 7.45. The number of urea groups is 1. The van der Waals surface area contributed by atoms with E-state index in [1.165, 1.54) is 0 Å². The van der Waals surface area contributed by atoms with Crippen molar-refractivity contribution in [2.45, 2.75) is 39.3 Å². The zero-order valence-corrected chi connectivity index (χ0v) is 14.5. The van der Waals surface area contributed by atoms with E-state index < -0.39 is 0 Å². The first-order chi connectivity index (χ1) is 11.4. The summed E-state index contributed by atoms with van der Waals surface area (Å²) in [5, 5.41) is 11.3. The number of aryl methyl sites for hydroxylation is 2. The number of rotatable bonds is 2. The Balaban J connectivity index is 1.47. The van der Waals surface area contributed by atoms with Crippen LogP contribution in [0.1, 0.15) is 26.0 Å². The van der Waals surface area contributed by atoms with Gasteiger partial charge in [-0.1, -0.05) is 13.8 Å². The van der Waals surface area contributed by atoms with E-state index in [-0.39, 0.29) is 23.6 Å². The van der Waals surface area contributed by atoms with Crippen LogP contribution in [0.3, 0.4) is 0 Å². The fraction of sp³-hybridized carbons (Fsp3) is 0.588. The Morgan fingerprint density at radius 3 is 3.04 bits per heavy atom. The molecule has 7 nitrogen and oxygen atoms in total. The van der Waals surface area contributed by atoms with E-state index in [0.29, 0.717) is 11.6 Å². The lowest BCUT2D eigenvalue weighted by atomic mass is 9.57. The number of ether oxygens (including phenoxy) is 1. The van der Waals surface area contributed by atoms with Crippen molar-refractivity contribution in [3.63, 3.8) is 0 Å². The van der Waals surface area contributed by atoms with Gasteiger partial charge in [-0.15, -0.1) is 0 Å². The molecular formula is C17H23N5O2. The Bertz CT molecular complexity index is 813. The van der Waals surface area contributed by atoms with E-state index in [1.807, 2.05) is 20.0 Å². The Kier molecular flexibility index (Phi) is 3.32. The molecule has 2 fully saturated rings. The van der Waals surface area contributed by atoms with Crippen molar-refractivity contribution in [2.24, 2.45) is 18.4 Å². The lowest BCUT2D eigenvalue weighted by molar-refractivity contribution is -0.107. The zero-order chi connectivity index (χ0) is 17.1. The van der Waals surface area contributed by atoms with Crippen molar-refractivity contribution in [3.8, 4) is 0 Å². The maximum Gasteiger partial charge on any atom is 0.319 e. The first kappa shape index (κ1) is 15.4. The van der Waals surface area contributed by atoms with Gasteiger partial charge in [-0.05, 0) is 19.4 Å². The maximum atomic E-state index is 12.4. The minimum absolute atomic E-state index is 0.0271. The van der Waals surface area contributed by atoms with E-state index in [9.17, 15) is 4.79 Å². The van der Waals surface area contributed by atoms with Gasteiger partial charge in [-0.2, -0.15) is 5.10 Å². The molecule has 3 atom stereocenters. The summed E-state index contributed by atoms with van der Waals surface area (Å²) in [7, 11) is 1.86. The van der Waals surface area contributed by atoms with Gasteiger partial charge in [0.2, 0.25) is 0 Å². The second kappa shape index (κ2) is 5.17. The van der Waals surface area contributed by atoms with Gasteiger partial charge < -0.3 is 15.4 Å². The zero-order valence-electron chi connectivity index (χ0n) is 14.5. The highest BCUT2D eigenvalue weighted by Gasteiger charge is 2.59. The summed E-state index contributed by atoms with van der Waals surface area (Å²) >= 11 is 0. The second-order valence-corrected chi connectivity index (χ2v) is 7.45. The van der Waals surface area contributed by atoms with E-state index >= 15 is 0 Å². The molecule has 128 valence electrons. The van der Waals surface area contributed by atoms with Crippen molar-refractivity contribution in [1.29, 1.82) is 0 Å². The number of carbonyl (C=O) groups is 1. The van der Waals surface area contributed by atoms with Crippen molar-refractivity contribution in [1.82, 2.24) is 20.1 Å². The average molecular weight is 329 g/mol. The molecular weight excluding hydrogens is 306 g/mol. The first-order valence-corrected chi connectivity index (χ1v) is 8.36. The highest BCUT2D eigenvalue weighted by atomic mass is 16.5. The Morgan fingerprint density at radius 2 is 2.25 bits per heavy atom. The van der Waals surface area contributed by atoms with Crippen molar-refractivity contribution >= 4 is 22.8 Å². The summed E-state index contributed by atoms with van der Waals surface area (Å²) in [5.41, 5.74) is 2.35. The Morgan fingerprint density at radius 1 is 1.46 bits per heavy atom. The quantitative estimate of drug-likeness (QED) is 0.885. The molecule has 2 amide bonds. The molecule has 2 aromatic rings. The molecule has 0 bridgehead atoms. The van der Waals surface area contributed by atoms with Gasteiger partial charge in [-0.3, -0.25) is 4.68 Å². The van der Waals surface area contributed by atoms with Gasteiger partial charge in [0.25, 0.3) is 0 Å². The SMILES string of the molecule is Cc1nn(C)c2ncc(NC(=O)N[C@@H]3[C@@H]4CCO[C@H]4C3(C)C)cc12. The van der Waals surface area contributed by atoms with Gasteiger partial charge in [0.15, 0.2) is 5.65 Å². The number of amides is 2. The van der Waals surface area contributed by atoms with Gasteiger partial charge in [-0.25, -0.2) is 9.78 Å². The van der Waals surface area contributed by atoms with Gasteiger partial charge in [0.05, 0.1) is 23.7 Å². The first-order valence-electron chi connectivity index (χ1n) is 8.36. The predicted molar refractivity (Wildman–Crippen MR) is 90.8 cm³/mol. The minimum Gasteiger partial charge on any atom is -0.377 e. The van der Waals surface area contributed by atoms with Gasteiger partial charge >= 0.3 is 6.03 Å². The summed E-state index contributed by atoms with van der Waals surface area (Å²) in [4.78, 5) is 16.8. The number of anilines is 1. The standard InChI is InChI=1S/C17H23N5O2/c1-9-12-7-10(8-18-15(12)22(4)21-9)19-16(23)20-13-11-5-6-24-14(11)17(13,2)3/h7-8,11,13-14H,5-6H2,1-4H3,(H2,19,20,23)/t11-,13+,14+/m0/s1. The summed E-state index contributed by atoms with van der Waals surface area (Å²) in [5.74, 6) is 0.423. The molecule has 1 aliphatic carbocycles. The normalized spacial score (nSPS) is 27.6. The average Bonchev–Trinajstić information content (AvgIpc) is 3.09. The van der Waals surface area contributed by atoms with E-state index in [4.69, 9.17) is 4.74 Å². The third-order valence-electron chi connectivity index (χ3n) is 5.51. The number of aromatic nitrogens is 3. The van der Waals surface area contributed by atoms with Crippen molar-refractivity contribution in [3.05, 3.63) is 18.0 Å². The fourth-order valence-electron chi connectivity index (χ4n) is 4.30. The maximum absolute atomic E-state index is 12.4. The highest BCUT2D eigenvalue weighted by molar-refractivity contribution is 5.92. The molecule has 4 rings (SSSR count). The number of hydrogen-bond donors (Lipinski definition) is 2. The van der Waals surface area contributed by atoms with Crippen LogP contribution in [0, 0.1) is 18.3 Å². The summed E-state index contributed by atoms with van der Waals surface area (Å²) in [6.07, 6.45) is 2.94. The smallest absolute Gasteiger partial charge is 0.319 e. The third-order valence-corrected chi connectivity index (χ3v) is 5.51. The Labute approximate surface area is 140 Å². The highest BCUT2D eigenvalue weighted by Crippen LogP contribution is 2.52. The summed E-state index contributed by atoms with van der Waals surface area (Å²) in [6, 6.07) is 1.86. The van der Waals surface area contributed by atoms with E-state index in [0.717, 1.165) is 29.8 Å². The summed E-state index contributed by atoms with van der Waals surface area (Å²) < 4.78 is 7.51. The van der Waals surface area contributed by atoms with Crippen LogP contribution in [0.4, 0.5) is 10.5 Å². The molecule has 1 aliphatic heterocycles. The third kappa shape index (κ3) is 2.18. The lowest BCUT2D eigenvalue weighted by Gasteiger charge is -2.54. The molecule has 0 radical (unpaired) electrons. The van der Waals surface area contributed by atoms with Crippen LogP contribution in [-0.2, 0) is 11.8 Å². The molecule has 7 heteroatoms. The van der Waals surface area contributed by atoms with Crippen LogP contribution >= 0.6 is 0 Å². The van der Waals surface area contributed by atoms with Crippen molar-refractivity contribution in [2.75, 3.05) is 11.9 Å². The molecule has 1 saturated heterocycles. The number of fused-ring (bicyclic) bond motifs is 2. The molecule has 2 aromatic heterocycles. The monoisotopic (exact) mass is 329 g/mol. The molecule has 0 unspecified atom stereocenters. The lowest BCUT2D eigenvalue weighted by Crippen LogP contribution is -2.67. The van der Waals surface area contributed by atoms with Gasteiger partial charge in [0, 0.05) is 36.4 Å². The largest absolute Gasteiger partial charge is 0.377 e. The minimum atomic E-state index is -0.193. The fourth-order valence-corrected chi connectivity index (χ4v) is 4.30. The Hall–Kier alpha value is -2.15. The number of hydrogen-bond acceptors (Lipinski definition) is 4. The topological polar surface area (TPSA) is 81.1 Å².